The van der Waals surface area contributed by atoms with Gasteiger partial charge in [-0.25, -0.2) is 4.68 Å². The molecular weight excluding hydrogens is 416 g/mol. The Hall–Kier alpha value is -3.35. The Bertz CT molecular complexity index is 1170. The topological polar surface area (TPSA) is 67.7 Å². The van der Waals surface area contributed by atoms with E-state index in [4.69, 9.17) is 4.74 Å². The van der Waals surface area contributed by atoms with Crippen LogP contribution in [0, 0.1) is 0 Å². The van der Waals surface area contributed by atoms with E-state index >= 15 is 0 Å². The van der Waals surface area contributed by atoms with E-state index in [0.29, 0.717) is 55.8 Å². The fourth-order valence-electron chi connectivity index (χ4n) is 4.35. The highest BCUT2D eigenvalue weighted by Gasteiger charge is 2.26. The van der Waals surface area contributed by atoms with Gasteiger partial charge in [0.15, 0.2) is 5.69 Å². The minimum Gasteiger partial charge on any atom is -0.492 e. The number of rotatable bonds is 8. The van der Waals surface area contributed by atoms with Crippen molar-refractivity contribution in [3.63, 3.8) is 0 Å². The van der Waals surface area contributed by atoms with Gasteiger partial charge in [0.2, 0.25) is 0 Å². The van der Waals surface area contributed by atoms with E-state index in [1.54, 1.807) is 6.07 Å². The van der Waals surface area contributed by atoms with Crippen LogP contribution in [0.5, 0.6) is 5.75 Å². The molecule has 33 heavy (non-hydrogen) atoms. The van der Waals surface area contributed by atoms with Crippen molar-refractivity contribution >= 4 is 22.4 Å². The third-order valence-electron chi connectivity index (χ3n) is 6.12. The molecule has 2 heterocycles. The first-order chi connectivity index (χ1) is 16.1. The molecule has 4 rings (SSSR count). The number of carbonyl (C=O) groups is 1. The maximum atomic E-state index is 13.5. The average Bonchev–Trinajstić information content (AvgIpc) is 2.86. The molecular formula is C26H32N4O3. The fraction of sp³-hybridized carbons (Fsp3) is 0.423. The number of hydrogen-bond donors (Lipinski definition) is 0. The number of amides is 1. The lowest BCUT2D eigenvalue weighted by atomic mass is 10.1. The summed E-state index contributed by atoms with van der Waals surface area (Å²) in [5, 5.41) is 5.72. The van der Waals surface area contributed by atoms with E-state index in [1.807, 2.05) is 48.2 Å². The van der Waals surface area contributed by atoms with Gasteiger partial charge in [0.1, 0.15) is 5.75 Å². The molecule has 0 radical (unpaired) electrons. The number of aromatic nitrogens is 2. The first-order valence-corrected chi connectivity index (χ1v) is 11.9. The van der Waals surface area contributed by atoms with Crippen LogP contribution in [0.1, 0.15) is 43.6 Å². The molecule has 7 heteroatoms. The van der Waals surface area contributed by atoms with Crippen LogP contribution in [0.2, 0.25) is 0 Å². The molecule has 7 nitrogen and oxygen atoms in total. The zero-order chi connectivity index (χ0) is 23.2. The maximum Gasteiger partial charge on any atom is 0.275 e. The smallest absolute Gasteiger partial charge is 0.275 e. The van der Waals surface area contributed by atoms with Crippen molar-refractivity contribution in [2.24, 2.45) is 0 Å². The van der Waals surface area contributed by atoms with Crippen molar-refractivity contribution in [1.82, 2.24) is 14.7 Å². The van der Waals surface area contributed by atoms with Crippen molar-refractivity contribution in [3.05, 3.63) is 64.6 Å². The Morgan fingerprint density at radius 3 is 2.36 bits per heavy atom. The number of unbranched alkanes of at least 4 members (excludes halogenated alkanes) is 2. The van der Waals surface area contributed by atoms with Crippen molar-refractivity contribution < 1.29 is 9.53 Å². The molecule has 1 aliphatic rings. The zero-order valence-corrected chi connectivity index (χ0v) is 19.5. The van der Waals surface area contributed by atoms with Crippen LogP contribution in [-0.4, -0.2) is 53.4 Å². The first-order valence-electron chi connectivity index (χ1n) is 11.9. The number of carbonyl (C=O) groups excluding carboxylic acids is 1. The Balaban J connectivity index is 1.56. The third kappa shape index (κ3) is 4.87. The molecule has 0 aliphatic carbocycles. The summed E-state index contributed by atoms with van der Waals surface area (Å²) in [6, 6.07) is 15.3. The van der Waals surface area contributed by atoms with Gasteiger partial charge in [0, 0.05) is 38.1 Å². The molecule has 0 bridgehead atoms. The van der Waals surface area contributed by atoms with Gasteiger partial charge in [-0.1, -0.05) is 50.1 Å². The van der Waals surface area contributed by atoms with Crippen LogP contribution in [0.4, 0.5) is 5.69 Å². The summed E-state index contributed by atoms with van der Waals surface area (Å²) in [6.07, 6.45) is 2.95. The quantitative estimate of drug-likeness (QED) is 0.488. The fourth-order valence-corrected chi connectivity index (χ4v) is 4.35. The summed E-state index contributed by atoms with van der Waals surface area (Å²) in [4.78, 5) is 30.5. The number of fused-ring (bicyclic) bond motifs is 1. The molecule has 0 N–H and O–H groups in total. The highest BCUT2D eigenvalue weighted by Crippen LogP contribution is 2.29. The zero-order valence-electron chi connectivity index (χ0n) is 19.5. The molecule has 1 aliphatic heterocycles. The number of hydrogen-bond acceptors (Lipinski definition) is 5. The van der Waals surface area contributed by atoms with Crippen LogP contribution in [-0.2, 0) is 6.54 Å². The van der Waals surface area contributed by atoms with Gasteiger partial charge in [-0.2, -0.15) is 5.10 Å². The minimum atomic E-state index is -0.129. The monoisotopic (exact) mass is 448 g/mol. The molecule has 174 valence electrons. The molecule has 0 unspecified atom stereocenters. The van der Waals surface area contributed by atoms with Gasteiger partial charge in [0.25, 0.3) is 11.5 Å². The van der Waals surface area contributed by atoms with E-state index < -0.39 is 0 Å². The van der Waals surface area contributed by atoms with Gasteiger partial charge in [-0.05, 0) is 31.5 Å². The van der Waals surface area contributed by atoms with Crippen LogP contribution in [0.15, 0.2) is 53.3 Å². The first kappa shape index (κ1) is 22.8. The van der Waals surface area contributed by atoms with Crippen molar-refractivity contribution in [1.29, 1.82) is 0 Å². The second-order valence-electron chi connectivity index (χ2n) is 8.31. The average molecular weight is 449 g/mol. The van der Waals surface area contributed by atoms with Crippen LogP contribution < -0.4 is 15.2 Å². The molecule has 2 aromatic carbocycles. The molecule has 0 spiro atoms. The molecule has 1 fully saturated rings. The molecule has 1 amide bonds. The highest BCUT2D eigenvalue weighted by atomic mass is 16.5. The maximum absolute atomic E-state index is 13.5. The van der Waals surface area contributed by atoms with Gasteiger partial charge in [-0.15, -0.1) is 0 Å². The Labute approximate surface area is 194 Å². The Kier molecular flexibility index (Phi) is 7.27. The normalized spacial score (nSPS) is 14.0. The van der Waals surface area contributed by atoms with Crippen molar-refractivity contribution in [2.45, 2.75) is 39.7 Å². The highest BCUT2D eigenvalue weighted by molar-refractivity contribution is 6.04. The summed E-state index contributed by atoms with van der Waals surface area (Å²) in [5.41, 5.74) is 1.29. The number of para-hydroxylation sites is 2. The molecule has 0 saturated carbocycles. The number of anilines is 1. The van der Waals surface area contributed by atoms with E-state index in [-0.39, 0.29) is 11.5 Å². The van der Waals surface area contributed by atoms with E-state index in [1.165, 1.54) is 4.68 Å². The van der Waals surface area contributed by atoms with Crippen LogP contribution in [0.25, 0.3) is 10.8 Å². The van der Waals surface area contributed by atoms with Crippen LogP contribution in [0.3, 0.4) is 0 Å². The van der Waals surface area contributed by atoms with Crippen molar-refractivity contribution in [3.8, 4) is 5.75 Å². The predicted molar refractivity (Wildman–Crippen MR) is 131 cm³/mol. The second-order valence-corrected chi connectivity index (χ2v) is 8.31. The molecule has 1 saturated heterocycles. The summed E-state index contributed by atoms with van der Waals surface area (Å²) < 4.78 is 7.25. The third-order valence-corrected chi connectivity index (χ3v) is 6.12. The van der Waals surface area contributed by atoms with E-state index in [0.717, 1.165) is 30.7 Å². The number of aryl methyl sites for hydroxylation is 1. The van der Waals surface area contributed by atoms with E-state index in [2.05, 4.69) is 23.0 Å². The molecule has 1 aromatic heterocycles. The lowest BCUT2D eigenvalue weighted by molar-refractivity contribution is 0.0740. The summed E-state index contributed by atoms with van der Waals surface area (Å²) in [6.45, 7) is 7.84. The van der Waals surface area contributed by atoms with Gasteiger partial charge in [0.05, 0.1) is 17.7 Å². The number of benzene rings is 2. The predicted octanol–water partition coefficient (Wildman–Crippen LogP) is 3.95. The SMILES string of the molecule is CCCCCn1nc(C(=O)N2CCN(c3ccccc3OCC)CC2)c2ccccc2c1=O. The lowest BCUT2D eigenvalue weighted by Crippen LogP contribution is -2.49. The summed E-state index contributed by atoms with van der Waals surface area (Å²) >= 11 is 0. The summed E-state index contributed by atoms with van der Waals surface area (Å²) in [7, 11) is 0. The number of piperazine rings is 1. The minimum absolute atomic E-state index is 0.117. The van der Waals surface area contributed by atoms with Gasteiger partial charge in [-0.3, -0.25) is 9.59 Å². The second kappa shape index (κ2) is 10.5. The Morgan fingerprint density at radius 1 is 0.939 bits per heavy atom. The number of nitrogens with zero attached hydrogens (tertiary/aromatic N) is 4. The van der Waals surface area contributed by atoms with Gasteiger partial charge >= 0.3 is 0 Å². The molecule has 0 atom stereocenters. The Morgan fingerprint density at radius 2 is 1.64 bits per heavy atom. The number of ether oxygens (including phenoxy) is 1. The van der Waals surface area contributed by atoms with E-state index in [9.17, 15) is 9.59 Å². The lowest BCUT2D eigenvalue weighted by Gasteiger charge is -2.36. The standard InChI is InChI=1S/C26H32N4O3/c1-3-5-10-15-30-25(31)21-12-7-6-11-20(21)24(27-30)26(32)29-18-16-28(17-19-29)22-13-8-9-14-23(22)33-4-2/h6-9,11-14H,3-5,10,15-19H2,1-2H3. The summed E-state index contributed by atoms with van der Waals surface area (Å²) in [5.74, 6) is 0.750. The molecule has 3 aromatic rings. The largest absolute Gasteiger partial charge is 0.492 e. The van der Waals surface area contributed by atoms with Crippen molar-refractivity contribution in [2.75, 3.05) is 37.7 Å². The van der Waals surface area contributed by atoms with Crippen LogP contribution >= 0.6 is 0 Å². The van der Waals surface area contributed by atoms with Gasteiger partial charge < -0.3 is 14.5 Å².